The zero-order valence-electron chi connectivity index (χ0n) is 21.3. The SMILES string of the molecule is NC(=O)c1ccccc1NC(=O)CSc1cccc(NC(=O)/C(=C\c2ccccc2)NC(=O)c2ccccc2)c1. The molecule has 40 heavy (non-hydrogen) atoms. The molecule has 4 aromatic carbocycles. The third-order valence-corrected chi connectivity index (χ3v) is 6.56. The van der Waals surface area contributed by atoms with Gasteiger partial charge in [-0.1, -0.05) is 66.7 Å². The molecule has 0 aliphatic carbocycles. The summed E-state index contributed by atoms with van der Waals surface area (Å²) < 4.78 is 0. The zero-order chi connectivity index (χ0) is 28.3. The Morgan fingerprint density at radius 3 is 2.15 bits per heavy atom. The van der Waals surface area contributed by atoms with Gasteiger partial charge in [0.1, 0.15) is 5.70 Å². The Morgan fingerprint density at radius 2 is 1.43 bits per heavy atom. The van der Waals surface area contributed by atoms with E-state index in [1.807, 2.05) is 36.4 Å². The topological polar surface area (TPSA) is 130 Å². The van der Waals surface area contributed by atoms with Crippen LogP contribution in [0.2, 0.25) is 0 Å². The molecule has 0 aliphatic heterocycles. The van der Waals surface area contributed by atoms with Gasteiger partial charge in [0.25, 0.3) is 17.7 Å². The number of rotatable bonds is 10. The van der Waals surface area contributed by atoms with Gasteiger partial charge in [0.05, 0.1) is 17.0 Å². The summed E-state index contributed by atoms with van der Waals surface area (Å²) >= 11 is 1.26. The van der Waals surface area contributed by atoms with Crippen molar-refractivity contribution in [3.63, 3.8) is 0 Å². The number of thioether (sulfide) groups is 1. The lowest BCUT2D eigenvalue weighted by Crippen LogP contribution is -2.30. The van der Waals surface area contributed by atoms with Crippen LogP contribution in [0.4, 0.5) is 11.4 Å². The molecule has 0 unspecified atom stereocenters. The highest BCUT2D eigenvalue weighted by molar-refractivity contribution is 8.00. The van der Waals surface area contributed by atoms with E-state index >= 15 is 0 Å². The van der Waals surface area contributed by atoms with Gasteiger partial charge in [0.2, 0.25) is 5.91 Å². The highest BCUT2D eigenvalue weighted by Crippen LogP contribution is 2.23. The normalized spacial score (nSPS) is 10.8. The van der Waals surface area contributed by atoms with Crippen molar-refractivity contribution < 1.29 is 19.2 Å². The minimum absolute atomic E-state index is 0.0663. The minimum Gasteiger partial charge on any atom is -0.366 e. The number of hydrogen-bond donors (Lipinski definition) is 4. The molecule has 0 fully saturated rings. The molecule has 9 heteroatoms. The Labute approximate surface area is 235 Å². The number of para-hydroxylation sites is 1. The summed E-state index contributed by atoms with van der Waals surface area (Å²) in [7, 11) is 0. The van der Waals surface area contributed by atoms with Crippen molar-refractivity contribution in [2.24, 2.45) is 5.73 Å². The molecule has 0 saturated heterocycles. The standard InChI is InChI=1S/C31H26N4O4S/c32-29(37)25-16-7-8-17-26(25)34-28(36)20-40-24-15-9-14-23(19-24)33-31(39)27(18-21-10-3-1-4-11-21)35-30(38)22-12-5-2-6-13-22/h1-19H,20H2,(H2,32,37)(H,33,39)(H,34,36)(H,35,38)/b27-18+. The van der Waals surface area contributed by atoms with E-state index in [1.165, 1.54) is 11.8 Å². The first-order valence-corrected chi connectivity index (χ1v) is 13.2. The summed E-state index contributed by atoms with van der Waals surface area (Å²) in [4.78, 5) is 50.9. The molecule has 5 N–H and O–H groups in total. The number of carbonyl (C=O) groups is 4. The van der Waals surface area contributed by atoms with Crippen LogP contribution in [0.3, 0.4) is 0 Å². The van der Waals surface area contributed by atoms with E-state index in [1.54, 1.807) is 78.9 Å². The molecule has 200 valence electrons. The second-order valence-corrected chi connectivity index (χ2v) is 9.57. The Hall–Kier alpha value is -5.15. The number of nitrogens with two attached hydrogens (primary N) is 1. The van der Waals surface area contributed by atoms with E-state index in [-0.39, 0.29) is 22.9 Å². The first kappa shape index (κ1) is 27.9. The highest BCUT2D eigenvalue weighted by Gasteiger charge is 2.16. The maximum atomic E-state index is 13.2. The molecule has 4 amide bonds. The van der Waals surface area contributed by atoms with Crippen molar-refractivity contribution in [3.05, 3.63) is 132 Å². The third kappa shape index (κ3) is 7.92. The minimum atomic E-state index is -0.632. The van der Waals surface area contributed by atoms with Gasteiger partial charge in [-0.05, 0) is 54.1 Å². The summed E-state index contributed by atoms with van der Waals surface area (Å²) in [5.41, 5.74) is 7.67. The summed E-state index contributed by atoms with van der Waals surface area (Å²) in [6, 6.07) is 31.3. The number of primary amides is 1. The van der Waals surface area contributed by atoms with Crippen LogP contribution in [0.25, 0.3) is 6.08 Å². The van der Waals surface area contributed by atoms with Gasteiger partial charge in [-0.2, -0.15) is 0 Å². The molecule has 4 rings (SSSR count). The number of carbonyl (C=O) groups excluding carboxylic acids is 4. The van der Waals surface area contributed by atoms with E-state index in [0.29, 0.717) is 16.9 Å². The largest absolute Gasteiger partial charge is 0.366 e. The van der Waals surface area contributed by atoms with E-state index < -0.39 is 17.7 Å². The lowest BCUT2D eigenvalue weighted by Gasteiger charge is -2.12. The predicted octanol–water partition coefficient (Wildman–Crippen LogP) is 4.93. The smallest absolute Gasteiger partial charge is 0.272 e. The quantitative estimate of drug-likeness (QED) is 0.164. The average Bonchev–Trinajstić information content (AvgIpc) is 2.97. The van der Waals surface area contributed by atoms with E-state index in [0.717, 1.165) is 10.5 Å². The summed E-state index contributed by atoms with van der Waals surface area (Å²) in [6.45, 7) is 0. The van der Waals surface area contributed by atoms with Crippen molar-refractivity contribution >= 4 is 52.8 Å². The Bertz CT molecular complexity index is 1560. The van der Waals surface area contributed by atoms with Gasteiger partial charge < -0.3 is 21.7 Å². The van der Waals surface area contributed by atoms with Crippen LogP contribution in [0, 0.1) is 0 Å². The van der Waals surface area contributed by atoms with Gasteiger partial charge >= 0.3 is 0 Å². The summed E-state index contributed by atoms with van der Waals surface area (Å²) in [5, 5.41) is 8.23. The lowest BCUT2D eigenvalue weighted by atomic mass is 10.1. The first-order valence-electron chi connectivity index (χ1n) is 12.2. The van der Waals surface area contributed by atoms with E-state index in [4.69, 9.17) is 5.73 Å². The Balaban J connectivity index is 1.43. The first-order chi connectivity index (χ1) is 19.4. The summed E-state index contributed by atoms with van der Waals surface area (Å²) in [6.07, 6.45) is 1.60. The molecule has 0 atom stereocenters. The number of hydrogen-bond acceptors (Lipinski definition) is 5. The number of benzene rings is 4. The molecule has 0 bridgehead atoms. The lowest BCUT2D eigenvalue weighted by molar-refractivity contribution is -0.114. The van der Waals surface area contributed by atoms with Crippen molar-refractivity contribution in [1.82, 2.24) is 5.32 Å². The molecular weight excluding hydrogens is 524 g/mol. The second kappa shape index (κ2) is 13.6. The number of nitrogens with one attached hydrogen (secondary N) is 3. The van der Waals surface area contributed by atoms with Gasteiger partial charge in [-0.15, -0.1) is 11.8 Å². The molecule has 0 saturated carbocycles. The van der Waals surface area contributed by atoms with Crippen LogP contribution in [0.5, 0.6) is 0 Å². The van der Waals surface area contributed by atoms with Crippen molar-refractivity contribution in [2.45, 2.75) is 4.90 Å². The second-order valence-electron chi connectivity index (χ2n) is 8.52. The number of anilines is 2. The van der Waals surface area contributed by atoms with Crippen LogP contribution in [0.15, 0.2) is 120 Å². The molecule has 0 aliphatic rings. The van der Waals surface area contributed by atoms with Crippen LogP contribution in [-0.2, 0) is 9.59 Å². The van der Waals surface area contributed by atoms with Gasteiger partial charge in [0.15, 0.2) is 0 Å². The highest BCUT2D eigenvalue weighted by atomic mass is 32.2. The molecular formula is C31H26N4O4S. The predicted molar refractivity (Wildman–Crippen MR) is 158 cm³/mol. The van der Waals surface area contributed by atoms with Crippen LogP contribution in [0.1, 0.15) is 26.3 Å². The van der Waals surface area contributed by atoms with Crippen LogP contribution < -0.4 is 21.7 Å². The molecule has 0 spiro atoms. The van der Waals surface area contributed by atoms with Crippen molar-refractivity contribution in [1.29, 1.82) is 0 Å². The summed E-state index contributed by atoms with van der Waals surface area (Å²) in [5.74, 6) is -1.80. The monoisotopic (exact) mass is 550 g/mol. The maximum absolute atomic E-state index is 13.2. The fourth-order valence-electron chi connectivity index (χ4n) is 3.66. The molecule has 0 aromatic heterocycles. The molecule has 4 aromatic rings. The van der Waals surface area contributed by atoms with Crippen molar-refractivity contribution in [2.75, 3.05) is 16.4 Å². The van der Waals surface area contributed by atoms with E-state index in [2.05, 4.69) is 16.0 Å². The van der Waals surface area contributed by atoms with Gasteiger partial charge in [-0.25, -0.2) is 0 Å². The van der Waals surface area contributed by atoms with E-state index in [9.17, 15) is 19.2 Å². The molecule has 0 heterocycles. The fourth-order valence-corrected chi connectivity index (χ4v) is 4.42. The maximum Gasteiger partial charge on any atom is 0.272 e. The average molecular weight is 551 g/mol. The zero-order valence-corrected chi connectivity index (χ0v) is 22.1. The number of amides is 4. The molecule has 0 radical (unpaired) electrons. The van der Waals surface area contributed by atoms with Crippen LogP contribution in [-0.4, -0.2) is 29.4 Å². The molecule has 8 nitrogen and oxygen atoms in total. The van der Waals surface area contributed by atoms with Crippen molar-refractivity contribution in [3.8, 4) is 0 Å². The van der Waals surface area contributed by atoms with Gasteiger partial charge in [-0.3, -0.25) is 19.2 Å². The van der Waals surface area contributed by atoms with Gasteiger partial charge in [0, 0.05) is 16.1 Å². The van der Waals surface area contributed by atoms with Crippen LogP contribution >= 0.6 is 11.8 Å². The Kier molecular flexibility index (Phi) is 9.47. The Morgan fingerprint density at radius 1 is 0.750 bits per heavy atom. The fraction of sp³-hybridized carbons (Fsp3) is 0.0323. The third-order valence-electron chi connectivity index (χ3n) is 5.57.